The van der Waals surface area contributed by atoms with Crippen molar-refractivity contribution in [1.82, 2.24) is 19.5 Å². The van der Waals surface area contributed by atoms with Crippen molar-refractivity contribution in [3.63, 3.8) is 0 Å². The summed E-state index contributed by atoms with van der Waals surface area (Å²) in [5.74, 6) is -0.261. The van der Waals surface area contributed by atoms with Crippen molar-refractivity contribution >= 4 is 23.0 Å². The fourth-order valence-corrected chi connectivity index (χ4v) is 4.12. The van der Waals surface area contributed by atoms with Crippen LogP contribution >= 0.6 is 11.6 Å². The highest BCUT2D eigenvalue weighted by Crippen LogP contribution is 2.33. The highest BCUT2D eigenvalue weighted by atomic mass is 35.5. The van der Waals surface area contributed by atoms with Crippen LogP contribution in [0, 0.1) is 6.92 Å². The summed E-state index contributed by atoms with van der Waals surface area (Å²) < 4.78 is 42.2. The molecular formula is C22H22ClF3N4O. The summed E-state index contributed by atoms with van der Waals surface area (Å²) in [5, 5.41) is 4.50. The summed E-state index contributed by atoms with van der Waals surface area (Å²) in [7, 11) is 0. The van der Waals surface area contributed by atoms with E-state index in [-0.39, 0.29) is 34.9 Å². The Bertz CT molecular complexity index is 1100. The third kappa shape index (κ3) is 4.60. The van der Waals surface area contributed by atoms with E-state index < -0.39 is 11.9 Å². The minimum absolute atomic E-state index is 0.0721. The van der Waals surface area contributed by atoms with E-state index in [1.54, 1.807) is 31.2 Å². The molecule has 1 fully saturated rings. The largest absolute Gasteiger partial charge is 0.433 e. The number of aryl methyl sites for hydroxylation is 1. The van der Waals surface area contributed by atoms with Gasteiger partial charge >= 0.3 is 6.18 Å². The minimum Gasteiger partial charge on any atom is -0.296 e. The molecule has 0 radical (unpaired) electrons. The lowest BCUT2D eigenvalue weighted by molar-refractivity contribution is -0.142. The smallest absolute Gasteiger partial charge is 0.296 e. The Hall–Kier alpha value is -2.45. The molecule has 1 aliphatic heterocycles. The highest BCUT2D eigenvalue weighted by Gasteiger charge is 2.36. The van der Waals surface area contributed by atoms with E-state index >= 15 is 0 Å². The van der Waals surface area contributed by atoms with Crippen LogP contribution in [0.2, 0.25) is 5.02 Å². The van der Waals surface area contributed by atoms with Crippen LogP contribution in [0.5, 0.6) is 0 Å². The van der Waals surface area contributed by atoms with Gasteiger partial charge < -0.3 is 0 Å². The fourth-order valence-electron chi connectivity index (χ4n) is 4.00. The standard InChI is InChI=1S/C22H22ClF3N4O/c1-14-20(18(31)13-29-10-4-2-3-5-11-29)21-27-17(15-6-8-16(23)9-7-15)12-19(22(24,25)26)30(21)28-14/h6-9,12H,2-5,10-11,13H2,1H3. The van der Waals surface area contributed by atoms with Crippen LogP contribution in [0.1, 0.15) is 47.4 Å². The number of halogens is 4. The predicted octanol–water partition coefficient (Wildman–Crippen LogP) is 5.44. The number of aromatic nitrogens is 3. The number of alkyl halides is 3. The molecule has 3 aromatic rings. The average Bonchev–Trinajstić information content (AvgIpc) is 2.86. The third-order valence-electron chi connectivity index (χ3n) is 5.54. The van der Waals surface area contributed by atoms with Crippen LogP contribution < -0.4 is 0 Å². The van der Waals surface area contributed by atoms with E-state index in [0.29, 0.717) is 10.6 Å². The maximum atomic E-state index is 13.8. The number of hydrogen-bond donors (Lipinski definition) is 0. The van der Waals surface area contributed by atoms with Crippen LogP contribution in [0.4, 0.5) is 13.2 Å². The van der Waals surface area contributed by atoms with Crippen molar-refractivity contribution < 1.29 is 18.0 Å². The average molecular weight is 451 g/mol. The number of fused-ring (bicyclic) bond motifs is 1. The SMILES string of the molecule is Cc1nn2c(C(F)(F)F)cc(-c3ccc(Cl)cc3)nc2c1C(=O)CN1CCCCCC1. The van der Waals surface area contributed by atoms with Gasteiger partial charge in [0, 0.05) is 10.6 Å². The predicted molar refractivity (Wildman–Crippen MR) is 112 cm³/mol. The van der Waals surface area contributed by atoms with E-state index in [1.807, 2.05) is 0 Å². The van der Waals surface area contributed by atoms with Gasteiger partial charge in [0.15, 0.2) is 17.1 Å². The summed E-state index contributed by atoms with van der Waals surface area (Å²) in [4.78, 5) is 19.6. The number of benzene rings is 1. The fraction of sp³-hybridized carbons (Fsp3) is 0.409. The molecule has 1 aliphatic rings. The first-order valence-corrected chi connectivity index (χ1v) is 10.6. The second kappa shape index (κ2) is 8.59. The number of rotatable bonds is 4. The van der Waals surface area contributed by atoms with Gasteiger partial charge in [-0.1, -0.05) is 36.6 Å². The number of ketones is 1. The van der Waals surface area contributed by atoms with Gasteiger partial charge in [0.2, 0.25) is 0 Å². The molecule has 1 aromatic carbocycles. The monoisotopic (exact) mass is 450 g/mol. The lowest BCUT2D eigenvalue weighted by atomic mass is 10.1. The topological polar surface area (TPSA) is 50.5 Å². The lowest BCUT2D eigenvalue weighted by Gasteiger charge is -2.18. The third-order valence-corrected chi connectivity index (χ3v) is 5.79. The molecule has 0 spiro atoms. The summed E-state index contributed by atoms with van der Waals surface area (Å²) in [6.45, 7) is 3.31. The zero-order chi connectivity index (χ0) is 22.2. The van der Waals surface area contributed by atoms with Gasteiger partial charge in [-0.3, -0.25) is 9.69 Å². The molecule has 1 saturated heterocycles. The Morgan fingerprint density at radius 1 is 1.10 bits per heavy atom. The molecule has 0 bridgehead atoms. The molecule has 0 N–H and O–H groups in total. The first-order chi connectivity index (χ1) is 14.7. The quantitative estimate of drug-likeness (QED) is 0.497. The molecule has 0 aliphatic carbocycles. The van der Waals surface area contributed by atoms with Gasteiger partial charge in [0.05, 0.1) is 23.5 Å². The first-order valence-electron chi connectivity index (χ1n) is 10.2. The van der Waals surface area contributed by atoms with Crippen molar-refractivity contribution in [3.8, 4) is 11.3 Å². The lowest BCUT2D eigenvalue weighted by Crippen LogP contribution is -2.31. The van der Waals surface area contributed by atoms with Crippen LogP contribution in [-0.4, -0.2) is 44.9 Å². The second-order valence-corrected chi connectivity index (χ2v) is 8.28. The number of nitrogens with zero attached hydrogens (tertiary/aromatic N) is 4. The maximum Gasteiger partial charge on any atom is 0.433 e. The van der Waals surface area contributed by atoms with Crippen LogP contribution in [0.3, 0.4) is 0 Å². The Morgan fingerprint density at radius 3 is 2.35 bits per heavy atom. The number of Topliss-reactive ketones (excluding diaryl/α,β-unsaturated/α-hetero) is 1. The summed E-state index contributed by atoms with van der Waals surface area (Å²) >= 11 is 5.91. The molecule has 5 nitrogen and oxygen atoms in total. The Balaban J connectivity index is 1.82. The van der Waals surface area contributed by atoms with E-state index in [2.05, 4.69) is 15.0 Å². The zero-order valence-corrected chi connectivity index (χ0v) is 17.8. The molecule has 4 rings (SSSR count). The molecule has 0 atom stereocenters. The van der Waals surface area contributed by atoms with Gasteiger partial charge in [0.25, 0.3) is 0 Å². The Kier molecular flexibility index (Phi) is 6.03. The van der Waals surface area contributed by atoms with Crippen LogP contribution in [-0.2, 0) is 6.18 Å². The van der Waals surface area contributed by atoms with Gasteiger partial charge in [-0.05, 0) is 51.1 Å². The van der Waals surface area contributed by atoms with E-state index in [9.17, 15) is 18.0 Å². The number of carbonyl (C=O) groups is 1. The summed E-state index contributed by atoms with van der Waals surface area (Å²) in [6.07, 6.45) is -0.384. The van der Waals surface area contributed by atoms with Crippen molar-refractivity contribution in [2.75, 3.05) is 19.6 Å². The number of hydrogen-bond acceptors (Lipinski definition) is 4. The van der Waals surface area contributed by atoms with Crippen molar-refractivity contribution in [2.45, 2.75) is 38.8 Å². The van der Waals surface area contributed by atoms with Crippen LogP contribution in [0.15, 0.2) is 30.3 Å². The number of likely N-dealkylation sites (tertiary alicyclic amines) is 1. The second-order valence-electron chi connectivity index (χ2n) is 7.84. The molecule has 0 saturated carbocycles. The van der Waals surface area contributed by atoms with Gasteiger partial charge in [-0.15, -0.1) is 0 Å². The van der Waals surface area contributed by atoms with Crippen molar-refractivity contribution in [3.05, 3.63) is 52.3 Å². The van der Waals surface area contributed by atoms with Crippen molar-refractivity contribution in [2.24, 2.45) is 0 Å². The van der Waals surface area contributed by atoms with Gasteiger partial charge in [-0.25, -0.2) is 9.50 Å². The molecule has 9 heteroatoms. The van der Waals surface area contributed by atoms with Crippen molar-refractivity contribution in [1.29, 1.82) is 0 Å². The molecular weight excluding hydrogens is 429 g/mol. The highest BCUT2D eigenvalue weighted by molar-refractivity contribution is 6.30. The molecule has 31 heavy (non-hydrogen) atoms. The normalized spacial score (nSPS) is 15.9. The van der Waals surface area contributed by atoms with Gasteiger partial charge in [-0.2, -0.15) is 18.3 Å². The van der Waals surface area contributed by atoms with E-state index in [0.717, 1.165) is 49.4 Å². The number of carbonyl (C=O) groups excluding carboxylic acids is 1. The van der Waals surface area contributed by atoms with E-state index in [1.165, 1.54) is 0 Å². The Labute approximate surface area is 182 Å². The maximum absolute atomic E-state index is 13.8. The van der Waals surface area contributed by atoms with E-state index in [4.69, 9.17) is 11.6 Å². The molecule has 3 heterocycles. The molecule has 0 unspecified atom stereocenters. The summed E-state index contributed by atoms with van der Waals surface area (Å²) in [6, 6.07) is 7.32. The minimum atomic E-state index is -4.66. The Morgan fingerprint density at radius 2 is 1.74 bits per heavy atom. The molecule has 164 valence electrons. The summed E-state index contributed by atoms with van der Waals surface area (Å²) in [5.41, 5.74) is -0.0736. The first kappa shape index (κ1) is 21.8. The van der Waals surface area contributed by atoms with Gasteiger partial charge in [0.1, 0.15) is 0 Å². The molecule has 2 aromatic heterocycles. The molecule has 0 amide bonds. The zero-order valence-electron chi connectivity index (χ0n) is 17.0. The van der Waals surface area contributed by atoms with Crippen LogP contribution in [0.25, 0.3) is 16.9 Å².